The summed E-state index contributed by atoms with van der Waals surface area (Å²) >= 11 is 5.11. The Morgan fingerprint density at radius 1 is 1.29 bits per heavy atom. The number of hydrogen-bond donors (Lipinski definition) is 0. The highest BCUT2D eigenvalue weighted by Gasteiger charge is 2.31. The number of imide groups is 1. The number of hydrogen-bond acceptors (Lipinski definition) is 6. The van der Waals surface area contributed by atoms with Gasteiger partial charge in [0.1, 0.15) is 5.75 Å². The van der Waals surface area contributed by atoms with E-state index in [4.69, 9.17) is 9.47 Å². The van der Waals surface area contributed by atoms with Crippen LogP contribution < -0.4 is 4.74 Å². The second-order valence-electron chi connectivity index (χ2n) is 4.65. The smallest absolute Gasteiger partial charge is 0.344 e. The Bertz CT molecular complexity index is 712. The molecule has 0 saturated carbocycles. The fraction of sp³-hybridized carbons (Fsp3) is 0.267. The number of esters is 1. The van der Waals surface area contributed by atoms with Crippen LogP contribution in [-0.4, -0.2) is 42.3 Å². The third-order valence-corrected chi connectivity index (χ3v) is 5.51. The molecule has 0 spiro atoms. The molecule has 0 aliphatic carbocycles. The maximum Gasteiger partial charge on any atom is 0.344 e. The Labute approximate surface area is 170 Å². The van der Waals surface area contributed by atoms with Crippen molar-refractivity contribution in [2.45, 2.75) is 6.92 Å². The van der Waals surface area contributed by atoms with Crippen LogP contribution in [0.3, 0.4) is 0 Å². The molecule has 1 aromatic rings. The average Bonchev–Trinajstić information content (AvgIpc) is 2.74. The maximum atomic E-state index is 11.9. The zero-order chi connectivity index (χ0) is 17.9. The fourth-order valence-corrected chi connectivity index (χ4v) is 4.79. The van der Waals surface area contributed by atoms with Gasteiger partial charge >= 0.3 is 5.97 Å². The minimum atomic E-state index is -0.426. The van der Waals surface area contributed by atoms with E-state index >= 15 is 0 Å². The van der Waals surface area contributed by atoms with Crippen molar-refractivity contribution in [3.8, 4) is 5.75 Å². The molecule has 2 rings (SSSR count). The standard InChI is InChI=1S/C15H13I2NO5S/c1-3-22-12(19)7-23-13-9(16)4-8(5-10(13)17)6-11-14(20)18(2)15(21)24-11/h4-6H,3,7H2,1-2H3/b11-6-. The van der Waals surface area contributed by atoms with Crippen LogP contribution in [0.1, 0.15) is 12.5 Å². The molecule has 24 heavy (non-hydrogen) atoms. The van der Waals surface area contributed by atoms with Gasteiger partial charge < -0.3 is 9.47 Å². The number of halogens is 2. The SMILES string of the molecule is CCOC(=O)COc1c(I)cc(/C=C2\SC(=O)N(C)C2=O)cc1I. The monoisotopic (exact) mass is 573 g/mol. The third kappa shape index (κ3) is 4.63. The molecule has 0 radical (unpaired) electrons. The van der Waals surface area contributed by atoms with Gasteiger partial charge in [-0.2, -0.15) is 0 Å². The van der Waals surface area contributed by atoms with Gasteiger partial charge in [-0.25, -0.2) is 4.79 Å². The topological polar surface area (TPSA) is 72.9 Å². The normalized spacial score (nSPS) is 16.0. The summed E-state index contributed by atoms with van der Waals surface area (Å²) in [5.41, 5.74) is 0.784. The van der Waals surface area contributed by atoms with Crippen LogP contribution in [0.4, 0.5) is 4.79 Å². The number of carbonyl (C=O) groups is 3. The quantitative estimate of drug-likeness (QED) is 0.305. The van der Waals surface area contributed by atoms with E-state index < -0.39 is 5.97 Å². The molecular weight excluding hydrogens is 560 g/mol. The van der Waals surface area contributed by atoms with Gasteiger partial charge in [-0.1, -0.05) is 0 Å². The summed E-state index contributed by atoms with van der Waals surface area (Å²) in [7, 11) is 1.46. The highest BCUT2D eigenvalue weighted by atomic mass is 127. The summed E-state index contributed by atoms with van der Waals surface area (Å²) in [6.07, 6.45) is 1.67. The van der Waals surface area contributed by atoms with E-state index in [1.807, 2.05) is 12.1 Å². The van der Waals surface area contributed by atoms with Gasteiger partial charge in [0.2, 0.25) is 0 Å². The van der Waals surface area contributed by atoms with E-state index in [-0.39, 0.29) is 17.8 Å². The van der Waals surface area contributed by atoms with Crippen LogP contribution in [0.15, 0.2) is 17.0 Å². The molecule has 1 aliphatic rings. The number of likely N-dealkylation sites (N-methyl/N-ethyl adjacent to an activating group) is 1. The number of nitrogens with zero attached hydrogens (tertiary/aromatic N) is 1. The lowest BCUT2D eigenvalue weighted by molar-refractivity contribution is -0.145. The van der Waals surface area contributed by atoms with Gasteiger partial charge in [0.15, 0.2) is 6.61 Å². The molecule has 2 amide bonds. The molecule has 1 saturated heterocycles. The Hall–Kier alpha value is -0.820. The first-order chi connectivity index (χ1) is 11.3. The summed E-state index contributed by atoms with van der Waals surface area (Å²) in [5, 5.41) is -0.287. The molecular formula is C15H13I2NO5S. The number of rotatable bonds is 5. The number of carbonyl (C=O) groups excluding carboxylic acids is 3. The molecule has 6 nitrogen and oxygen atoms in total. The summed E-state index contributed by atoms with van der Waals surface area (Å²) in [5.74, 6) is -0.146. The zero-order valence-electron chi connectivity index (χ0n) is 12.8. The van der Waals surface area contributed by atoms with Crippen molar-refractivity contribution in [1.82, 2.24) is 4.90 Å². The first kappa shape index (κ1) is 19.5. The van der Waals surface area contributed by atoms with Gasteiger partial charge in [-0.05, 0) is 87.6 Å². The fourth-order valence-electron chi connectivity index (χ4n) is 1.83. The van der Waals surface area contributed by atoms with Crippen molar-refractivity contribution >= 4 is 80.1 Å². The Kier molecular flexibility index (Phi) is 6.92. The van der Waals surface area contributed by atoms with Crippen molar-refractivity contribution in [1.29, 1.82) is 0 Å². The number of ether oxygens (including phenoxy) is 2. The van der Waals surface area contributed by atoms with E-state index in [0.717, 1.165) is 29.4 Å². The molecule has 1 aromatic carbocycles. The lowest BCUT2D eigenvalue weighted by Crippen LogP contribution is -2.22. The Morgan fingerprint density at radius 3 is 2.42 bits per heavy atom. The van der Waals surface area contributed by atoms with E-state index in [2.05, 4.69) is 45.2 Å². The molecule has 128 valence electrons. The third-order valence-electron chi connectivity index (χ3n) is 2.94. The summed E-state index contributed by atoms with van der Waals surface area (Å²) in [6.45, 7) is 1.88. The summed E-state index contributed by atoms with van der Waals surface area (Å²) < 4.78 is 11.9. The number of thioether (sulfide) groups is 1. The van der Waals surface area contributed by atoms with Gasteiger partial charge in [0, 0.05) is 7.05 Å². The minimum absolute atomic E-state index is 0.159. The van der Waals surface area contributed by atoms with Gasteiger partial charge in [0.25, 0.3) is 11.1 Å². The van der Waals surface area contributed by atoms with Crippen LogP contribution in [0.2, 0.25) is 0 Å². The van der Waals surface area contributed by atoms with Crippen molar-refractivity contribution in [3.05, 3.63) is 29.7 Å². The largest absolute Gasteiger partial charge is 0.480 e. The second-order valence-corrected chi connectivity index (χ2v) is 7.97. The molecule has 9 heteroatoms. The van der Waals surface area contributed by atoms with E-state index in [0.29, 0.717) is 17.3 Å². The Morgan fingerprint density at radius 2 is 1.92 bits per heavy atom. The highest BCUT2D eigenvalue weighted by molar-refractivity contribution is 14.1. The van der Waals surface area contributed by atoms with E-state index in [9.17, 15) is 14.4 Å². The maximum absolute atomic E-state index is 11.9. The lowest BCUT2D eigenvalue weighted by Gasteiger charge is -2.11. The van der Waals surface area contributed by atoms with Gasteiger partial charge in [-0.15, -0.1) is 0 Å². The zero-order valence-corrected chi connectivity index (χ0v) is 17.9. The van der Waals surface area contributed by atoms with E-state index in [1.165, 1.54) is 7.05 Å². The van der Waals surface area contributed by atoms with Crippen molar-refractivity contribution in [2.75, 3.05) is 20.3 Å². The van der Waals surface area contributed by atoms with Gasteiger partial charge in [0.05, 0.1) is 18.7 Å². The lowest BCUT2D eigenvalue weighted by atomic mass is 10.2. The molecule has 1 fully saturated rings. The van der Waals surface area contributed by atoms with E-state index in [1.54, 1.807) is 13.0 Å². The summed E-state index contributed by atoms with van der Waals surface area (Å²) in [6, 6.07) is 3.65. The predicted molar refractivity (Wildman–Crippen MR) is 108 cm³/mol. The highest BCUT2D eigenvalue weighted by Crippen LogP contribution is 2.34. The van der Waals surface area contributed by atoms with Crippen LogP contribution in [-0.2, 0) is 14.3 Å². The molecule has 0 bridgehead atoms. The molecule has 1 aliphatic heterocycles. The van der Waals surface area contributed by atoms with Crippen molar-refractivity contribution in [2.24, 2.45) is 0 Å². The molecule has 0 atom stereocenters. The van der Waals surface area contributed by atoms with Crippen LogP contribution >= 0.6 is 56.9 Å². The van der Waals surface area contributed by atoms with Crippen LogP contribution in [0.25, 0.3) is 6.08 Å². The van der Waals surface area contributed by atoms with Crippen molar-refractivity contribution in [3.63, 3.8) is 0 Å². The number of amides is 2. The predicted octanol–water partition coefficient (Wildman–Crippen LogP) is 3.50. The Balaban J connectivity index is 2.19. The first-order valence-electron chi connectivity index (χ1n) is 6.82. The molecule has 0 unspecified atom stereocenters. The minimum Gasteiger partial charge on any atom is -0.480 e. The first-order valence-corrected chi connectivity index (χ1v) is 9.80. The second kappa shape index (κ2) is 8.52. The molecule has 0 N–H and O–H groups in total. The van der Waals surface area contributed by atoms with Crippen LogP contribution in [0.5, 0.6) is 5.75 Å². The van der Waals surface area contributed by atoms with Gasteiger partial charge in [-0.3, -0.25) is 14.5 Å². The molecule has 1 heterocycles. The average molecular weight is 573 g/mol. The van der Waals surface area contributed by atoms with Crippen molar-refractivity contribution < 1.29 is 23.9 Å². The molecule has 0 aromatic heterocycles. The number of benzene rings is 1. The summed E-state index contributed by atoms with van der Waals surface area (Å²) in [4.78, 5) is 36.3. The van der Waals surface area contributed by atoms with Crippen LogP contribution in [0, 0.1) is 7.14 Å².